The fourth-order valence-corrected chi connectivity index (χ4v) is 2.45. The van der Waals surface area contributed by atoms with Gasteiger partial charge in [-0.3, -0.25) is 14.4 Å². The lowest BCUT2D eigenvalue weighted by molar-refractivity contribution is -0.162. The molecule has 0 bridgehead atoms. The van der Waals surface area contributed by atoms with Crippen LogP contribution in [-0.4, -0.2) is 59.6 Å². The van der Waals surface area contributed by atoms with Crippen LogP contribution in [0.3, 0.4) is 0 Å². The van der Waals surface area contributed by atoms with Crippen molar-refractivity contribution in [1.82, 2.24) is 10.6 Å². The molecule has 0 aromatic heterocycles. The van der Waals surface area contributed by atoms with Gasteiger partial charge in [0.2, 0.25) is 17.7 Å². The van der Waals surface area contributed by atoms with Crippen molar-refractivity contribution in [2.24, 2.45) is 17.4 Å². The van der Waals surface area contributed by atoms with Gasteiger partial charge >= 0.3 is 5.97 Å². The topological polar surface area (TPSA) is 163 Å². The van der Waals surface area contributed by atoms with Gasteiger partial charge in [-0.2, -0.15) is 0 Å². The molecule has 6 N–H and O–H groups in total. The highest BCUT2D eigenvalue weighted by Crippen LogP contribution is 2.12. The molecule has 0 aliphatic carbocycles. The Morgan fingerprint density at radius 3 is 1.81 bits per heavy atom. The summed E-state index contributed by atoms with van der Waals surface area (Å²) in [6.07, 6.45) is -0.0517. The van der Waals surface area contributed by atoms with E-state index in [1.165, 1.54) is 0 Å². The SMILES string of the molecule is CC(C)CC(N)C(=O)NC(CC(N)=O)C(=O)NC(COC(C)(C)C)C(=O)OC(C)(C)C. The van der Waals surface area contributed by atoms with Gasteiger partial charge in [0.1, 0.15) is 11.6 Å². The zero-order valence-electron chi connectivity index (χ0n) is 20.0. The highest BCUT2D eigenvalue weighted by molar-refractivity contribution is 5.94. The summed E-state index contributed by atoms with van der Waals surface area (Å²) in [5.41, 5.74) is 9.73. The molecule has 0 saturated heterocycles. The van der Waals surface area contributed by atoms with E-state index in [0.717, 1.165) is 0 Å². The summed E-state index contributed by atoms with van der Waals surface area (Å²) in [5, 5.41) is 4.95. The van der Waals surface area contributed by atoms with Gasteiger partial charge < -0.3 is 31.6 Å². The van der Waals surface area contributed by atoms with Crippen molar-refractivity contribution >= 4 is 23.7 Å². The summed E-state index contributed by atoms with van der Waals surface area (Å²) in [6, 6.07) is -3.29. The first kappa shape index (κ1) is 28.8. The van der Waals surface area contributed by atoms with Gasteiger partial charge in [0.15, 0.2) is 6.04 Å². The van der Waals surface area contributed by atoms with Gasteiger partial charge in [0.05, 0.1) is 24.7 Å². The van der Waals surface area contributed by atoms with Gasteiger partial charge in [-0.1, -0.05) is 13.8 Å². The summed E-state index contributed by atoms with van der Waals surface area (Å²) in [7, 11) is 0. The largest absolute Gasteiger partial charge is 0.458 e. The standard InChI is InChI=1S/C21H40N4O6/c1-12(2)9-13(22)17(27)24-14(10-16(23)26)18(28)25-15(11-30-20(3,4)5)19(29)31-21(6,7)8/h12-15H,9-11,22H2,1-8H3,(H2,23,26)(H,24,27)(H,25,28). The predicted molar refractivity (Wildman–Crippen MR) is 117 cm³/mol. The fourth-order valence-electron chi connectivity index (χ4n) is 2.45. The Bertz CT molecular complexity index is 637. The summed E-state index contributed by atoms with van der Waals surface area (Å²) in [6.45, 7) is 14.1. The van der Waals surface area contributed by atoms with Crippen molar-refractivity contribution < 1.29 is 28.7 Å². The molecule has 3 atom stereocenters. The second kappa shape index (κ2) is 12.0. The molecule has 0 fully saturated rings. The van der Waals surface area contributed by atoms with E-state index in [-0.39, 0.29) is 12.5 Å². The third-order valence-electron chi connectivity index (χ3n) is 3.79. The van der Waals surface area contributed by atoms with Crippen LogP contribution in [0.1, 0.15) is 68.2 Å². The molecular formula is C21H40N4O6. The van der Waals surface area contributed by atoms with Crippen LogP contribution in [0.5, 0.6) is 0 Å². The lowest BCUT2D eigenvalue weighted by atomic mass is 10.0. The van der Waals surface area contributed by atoms with Gasteiger partial charge in [-0.15, -0.1) is 0 Å². The monoisotopic (exact) mass is 444 g/mol. The maximum absolute atomic E-state index is 12.8. The van der Waals surface area contributed by atoms with Crippen molar-refractivity contribution in [1.29, 1.82) is 0 Å². The van der Waals surface area contributed by atoms with Gasteiger partial charge in [-0.25, -0.2) is 4.79 Å². The zero-order chi connectivity index (χ0) is 24.6. The van der Waals surface area contributed by atoms with Gasteiger partial charge in [-0.05, 0) is 53.9 Å². The summed E-state index contributed by atoms with van der Waals surface area (Å²) >= 11 is 0. The molecule has 10 heteroatoms. The Balaban J connectivity index is 5.46. The Morgan fingerprint density at radius 2 is 1.39 bits per heavy atom. The molecule has 3 amide bonds. The number of nitrogens with two attached hydrogens (primary N) is 2. The molecule has 31 heavy (non-hydrogen) atoms. The molecule has 0 aliphatic heterocycles. The Kier molecular flexibility index (Phi) is 11.1. The lowest BCUT2D eigenvalue weighted by Crippen LogP contribution is -2.57. The molecule has 10 nitrogen and oxygen atoms in total. The average molecular weight is 445 g/mol. The molecule has 0 aromatic rings. The normalized spacial score (nSPS) is 15.0. The van der Waals surface area contributed by atoms with Crippen molar-refractivity contribution in [3.8, 4) is 0 Å². The highest BCUT2D eigenvalue weighted by Gasteiger charge is 2.32. The van der Waals surface area contributed by atoms with Crippen molar-refractivity contribution in [2.75, 3.05) is 6.61 Å². The quantitative estimate of drug-likeness (QED) is 0.334. The number of primary amides is 1. The number of esters is 1. The second-order valence-corrected chi connectivity index (χ2v) is 9.99. The lowest BCUT2D eigenvalue weighted by Gasteiger charge is -2.28. The fraction of sp³-hybridized carbons (Fsp3) is 0.810. The number of nitrogens with one attached hydrogen (secondary N) is 2. The average Bonchev–Trinajstić information content (AvgIpc) is 2.54. The Hall–Kier alpha value is -2.20. The van der Waals surface area contributed by atoms with Crippen LogP contribution in [-0.2, 0) is 28.7 Å². The van der Waals surface area contributed by atoms with Crippen LogP contribution in [0, 0.1) is 5.92 Å². The van der Waals surface area contributed by atoms with E-state index in [1.54, 1.807) is 41.5 Å². The number of hydrogen-bond donors (Lipinski definition) is 4. The second-order valence-electron chi connectivity index (χ2n) is 9.99. The molecule has 0 aliphatic rings. The van der Waals surface area contributed by atoms with Crippen LogP contribution in [0.2, 0.25) is 0 Å². The predicted octanol–water partition coefficient (Wildman–Crippen LogP) is 0.362. The minimum atomic E-state index is -1.29. The van der Waals surface area contributed by atoms with Crippen LogP contribution >= 0.6 is 0 Å². The number of carbonyl (C=O) groups excluding carboxylic acids is 4. The van der Waals surface area contributed by atoms with Gasteiger partial charge in [0, 0.05) is 0 Å². The highest BCUT2D eigenvalue weighted by atomic mass is 16.6. The molecule has 0 saturated carbocycles. The molecule has 0 radical (unpaired) electrons. The third-order valence-corrected chi connectivity index (χ3v) is 3.79. The molecule has 0 aromatic carbocycles. The molecular weight excluding hydrogens is 404 g/mol. The minimum absolute atomic E-state index is 0.158. The van der Waals surface area contributed by atoms with E-state index in [4.69, 9.17) is 20.9 Å². The zero-order valence-corrected chi connectivity index (χ0v) is 20.0. The van der Waals surface area contributed by atoms with Crippen molar-refractivity contribution in [3.05, 3.63) is 0 Å². The van der Waals surface area contributed by atoms with Crippen LogP contribution in [0.15, 0.2) is 0 Å². The molecule has 0 heterocycles. The number of ether oxygens (including phenoxy) is 2. The molecule has 0 rings (SSSR count). The van der Waals surface area contributed by atoms with E-state index in [1.807, 2.05) is 13.8 Å². The number of rotatable bonds is 11. The number of hydrogen-bond acceptors (Lipinski definition) is 7. The van der Waals surface area contributed by atoms with Gasteiger partial charge in [0.25, 0.3) is 0 Å². The molecule has 0 spiro atoms. The van der Waals surface area contributed by atoms with Crippen molar-refractivity contribution in [3.63, 3.8) is 0 Å². The smallest absolute Gasteiger partial charge is 0.331 e. The van der Waals surface area contributed by atoms with E-state index in [9.17, 15) is 19.2 Å². The van der Waals surface area contributed by atoms with Crippen LogP contribution < -0.4 is 22.1 Å². The number of amides is 3. The Morgan fingerprint density at radius 1 is 0.871 bits per heavy atom. The summed E-state index contributed by atoms with van der Waals surface area (Å²) < 4.78 is 11.0. The first-order valence-corrected chi connectivity index (χ1v) is 10.4. The summed E-state index contributed by atoms with van der Waals surface area (Å²) in [5.74, 6) is -2.69. The number of carbonyl (C=O) groups is 4. The van der Waals surface area contributed by atoms with E-state index in [0.29, 0.717) is 6.42 Å². The first-order chi connectivity index (χ1) is 13.9. The Labute approximate surface area is 185 Å². The van der Waals surface area contributed by atoms with Crippen molar-refractivity contribution in [2.45, 2.75) is 97.6 Å². The molecule has 180 valence electrons. The van der Waals surface area contributed by atoms with E-state index < -0.39 is 59.4 Å². The van der Waals surface area contributed by atoms with Crippen LogP contribution in [0.4, 0.5) is 0 Å². The van der Waals surface area contributed by atoms with E-state index >= 15 is 0 Å². The van der Waals surface area contributed by atoms with E-state index in [2.05, 4.69) is 10.6 Å². The first-order valence-electron chi connectivity index (χ1n) is 10.4. The third kappa shape index (κ3) is 13.7. The maximum atomic E-state index is 12.8. The van der Waals surface area contributed by atoms with Crippen LogP contribution in [0.25, 0.3) is 0 Å². The maximum Gasteiger partial charge on any atom is 0.331 e. The minimum Gasteiger partial charge on any atom is -0.458 e. The molecule has 3 unspecified atom stereocenters. The summed E-state index contributed by atoms with van der Waals surface area (Å²) in [4.78, 5) is 49.2.